The van der Waals surface area contributed by atoms with E-state index in [-0.39, 0.29) is 5.91 Å². The van der Waals surface area contributed by atoms with Gasteiger partial charge in [0, 0.05) is 24.2 Å². The molecule has 0 atom stereocenters. The summed E-state index contributed by atoms with van der Waals surface area (Å²) in [6, 6.07) is 6.58. The lowest BCUT2D eigenvalue weighted by Gasteiger charge is -2.06. The monoisotopic (exact) mass is 283 g/mol. The number of aryl methyl sites for hydroxylation is 1. The molecule has 2 heterocycles. The number of carbonyl (C=O) groups is 2. The number of carboxylic acid groups (broad SMARTS) is 1. The average Bonchev–Trinajstić information content (AvgIpc) is 2.46. The number of hydrogen-bond acceptors (Lipinski definition) is 4. The van der Waals surface area contributed by atoms with Gasteiger partial charge in [-0.2, -0.15) is 0 Å². The summed E-state index contributed by atoms with van der Waals surface area (Å²) >= 11 is 0. The van der Waals surface area contributed by atoms with Crippen LogP contribution >= 0.6 is 0 Å². The van der Waals surface area contributed by atoms with Crippen LogP contribution in [0.1, 0.15) is 21.6 Å². The van der Waals surface area contributed by atoms with Crippen molar-refractivity contribution in [2.75, 3.05) is 5.32 Å². The largest absolute Gasteiger partial charge is 0.478 e. The number of pyridine rings is 2. The summed E-state index contributed by atoms with van der Waals surface area (Å²) in [4.78, 5) is 30.7. The first-order chi connectivity index (χ1) is 10.1. The minimum Gasteiger partial charge on any atom is -0.478 e. The van der Waals surface area contributed by atoms with Crippen LogP contribution in [0.15, 0.2) is 42.7 Å². The van der Waals surface area contributed by atoms with E-state index >= 15 is 0 Å². The number of hydrogen-bond donors (Lipinski definition) is 2. The van der Waals surface area contributed by atoms with Crippen LogP contribution in [-0.2, 0) is 4.79 Å². The van der Waals surface area contributed by atoms with Gasteiger partial charge in [-0.15, -0.1) is 0 Å². The lowest BCUT2D eigenvalue weighted by Crippen LogP contribution is -2.14. The zero-order chi connectivity index (χ0) is 15.2. The molecule has 0 aliphatic heterocycles. The fraction of sp³-hybridized carbons (Fsp3) is 0.0667. The molecule has 0 saturated heterocycles. The molecular weight excluding hydrogens is 270 g/mol. The zero-order valence-electron chi connectivity index (χ0n) is 11.3. The highest BCUT2D eigenvalue weighted by molar-refractivity contribution is 6.04. The molecule has 0 aliphatic carbocycles. The fourth-order valence-electron chi connectivity index (χ4n) is 1.69. The van der Waals surface area contributed by atoms with Crippen LogP contribution < -0.4 is 5.32 Å². The normalized spacial score (nSPS) is 10.5. The standard InChI is InChI=1S/C15H13N3O3/c1-10-12(3-2-7-16-10)15(21)18-13-9-11(6-8-17-13)4-5-14(19)20/h2-9H,1H3,(H,19,20)(H,17,18,21)/b5-4+. The summed E-state index contributed by atoms with van der Waals surface area (Å²) in [5.74, 6) is -1.01. The van der Waals surface area contributed by atoms with Crippen molar-refractivity contribution in [2.24, 2.45) is 0 Å². The maximum Gasteiger partial charge on any atom is 0.328 e. The van der Waals surface area contributed by atoms with Crippen LogP contribution in [0.3, 0.4) is 0 Å². The molecule has 0 spiro atoms. The second kappa shape index (κ2) is 6.42. The number of nitrogens with one attached hydrogen (secondary N) is 1. The van der Waals surface area contributed by atoms with Crippen molar-refractivity contribution in [3.8, 4) is 0 Å². The smallest absolute Gasteiger partial charge is 0.328 e. The van der Waals surface area contributed by atoms with E-state index < -0.39 is 5.97 Å². The van der Waals surface area contributed by atoms with Gasteiger partial charge in [0.25, 0.3) is 5.91 Å². The van der Waals surface area contributed by atoms with Crippen molar-refractivity contribution in [1.29, 1.82) is 0 Å². The molecule has 106 valence electrons. The van der Waals surface area contributed by atoms with Crippen molar-refractivity contribution in [3.05, 3.63) is 59.6 Å². The van der Waals surface area contributed by atoms with Crippen LogP contribution in [0.4, 0.5) is 5.82 Å². The Morgan fingerprint density at radius 1 is 1.24 bits per heavy atom. The van der Waals surface area contributed by atoms with Gasteiger partial charge < -0.3 is 10.4 Å². The van der Waals surface area contributed by atoms with Gasteiger partial charge >= 0.3 is 5.97 Å². The maximum absolute atomic E-state index is 12.1. The van der Waals surface area contributed by atoms with Crippen LogP contribution in [0, 0.1) is 6.92 Å². The number of rotatable bonds is 4. The Balaban J connectivity index is 2.17. The first-order valence-corrected chi connectivity index (χ1v) is 6.16. The van der Waals surface area contributed by atoms with Crippen LogP contribution in [0.5, 0.6) is 0 Å². The molecule has 6 nitrogen and oxygen atoms in total. The quantitative estimate of drug-likeness (QED) is 0.839. The molecule has 0 unspecified atom stereocenters. The topological polar surface area (TPSA) is 92.2 Å². The number of amides is 1. The Labute approximate surface area is 121 Å². The Bertz CT molecular complexity index is 711. The van der Waals surface area contributed by atoms with Crippen molar-refractivity contribution >= 4 is 23.8 Å². The summed E-state index contributed by atoms with van der Waals surface area (Å²) < 4.78 is 0. The third-order valence-corrected chi connectivity index (χ3v) is 2.70. The first-order valence-electron chi connectivity index (χ1n) is 6.16. The van der Waals surface area contributed by atoms with Gasteiger partial charge in [-0.05, 0) is 42.8 Å². The molecule has 0 fully saturated rings. The highest BCUT2D eigenvalue weighted by Crippen LogP contribution is 2.11. The lowest BCUT2D eigenvalue weighted by molar-refractivity contribution is -0.131. The molecule has 6 heteroatoms. The average molecular weight is 283 g/mol. The van der Waals surface area contributed by atoms with Gasteiger partial charge in [-0.1, -0.05) is 0 Å². The minimum atomic E-state index is -1.04. The number of carboxylic acids is 1. The molecule has 2 N–H and O–H groups in total. The van der Waals surface area contributed by atoms with Gasteiger partial charge in [0.05, 0.1) is 5.56 Å². The Morgan fingerprint density at radius 2 is 2.05 bits per heavy atom. The minimum absolute atomic E-state index is 0.313. The van der Waals surface area contributed by atoms with E-state index in [2.05, 4.69) is 15.3 Å². The van der Waals surface area contributed by atoms with E-state index in [0.717, 1.165) is 6.08 Å². The highest BCUT2D eigenvalue weighted by Gasteiger charge is 2.10. The number of anilines is 1. The molecular formula is C15H13N3O3. The number of aliphatic carboxylic acids is 1. The van der Waals surface area contributed by atoms with E-state index in [1.54, 1.807) is 37.4 Å². The molecule has 2 aromatic rings. The lowest BCUT2D eigenvalue weighted by atomic mass is 10.2. The van der Waals surface area contributed by atoms with E-state index in [1.165, 1.54) is 12.3 Å². The van der Waals surface area contributed by atoms with Crippen LogP contribution in [0.2, 0.25) is 0 Å². The van der Waals surface area contributed by atoms with E-state index in [4.69, 9.17) is 5.11 Å². The second-order valence-electron chi connectivity index (χ2n) is 4.24. The van der Waals surface area contributed by atoms with E-state index in [0.29, 0.717) is 22.6 Å². The fourth-order valence-corrected chi connectivity index (χ4v) is 1.69. The van der Waals surface area contributed by atoms with Gasteiger partial charge in [0.1, 0.15) is 5.82 Å². The Morgan fingerprint density at radius 3 is 2.76 bits per heavy atom. The first kappa shape index (κ1) is 14.4. The summed E-state index contributed by atoms with van der Waals surface area (Å²) in [5.41, 5.74) is 1.72. The molecule has 0 bridgehead atoms. The molecule has 0 aromatic carbocycles. The zero-order valence-corrected chi connectivity index (χ0v) is 11.3. The van der Waals surface area contributed by atoms with Crippen molar-refractivity contribution < 1.29 is 14.7 Å². The number of carbonyl (C=O) groups excluding carboxylic acids is 1. The maximum atomic E-state index is 12.1. The van der Waals surface area contributed by atoms with Crippen LogP contribution in [-0.4, -0.2) is 27.0 Å². The van der Waals surface area contributed by atoms with Crippen molar-refractivity contribution in [2.45, 2.75) is 6.92 Å². The summed E-state index contributed by atoms with van der Waals surface area (Å²) in [6.45, 7) is 1.74. The SMILES string of the molecule is Cc1ncccc1C(=O)Nc1cc(/C=C/C(=O)O)ccn1. The molecule has 21 heavy (non-hydrogen) atoms. The molecule has 2 rings (SSSR count). The Hall–Kier alpha value is -3.02. The van der Waals surface area contributed by atoms with Gasteiger partial charge in [0.2, 0.25) is 0 Å². The second-order valence-corrected chi connectivity index (χ2v) is 4.24. The predicted octanol–water partition coefficient (Wildman–Crippen LogP) is 2.14. The predicted molar refractivity (Wildman–Crippen MR) is 77.8 cm³/mol. The Kier molecular flexibility index (Phi) is 4.40. The van der Waals surface area contributed by atoms with E-state index in [1.807, 2.05) is 0 Å². The van der Waals surface area contributed by atoms with Crippen LogP contribution in [0.25, 0.3) is 6.08 Å². The molecule has 1 amide bonds. The highest BCUT2D eigenvalue weighted by atomic mass is 16.4. The molecule has 0 aliphatic rings. The van der Waals surface area contributed by atoms with Gasteiger partial charge in [-0.3, -0.25) is 9.78 Å². The van der Waals surface area contributed by atoms with Gasteiger partial charge in [0.15, 0.2) is 0 Å². The van der Waals surface area contributed by atoms with E-state index in [9.17, 15) is 9.59 Å². The third-order valence-electron chi connectivity index (χ3n) is 2.70. The third kappa shape index (κ3) is 3.97. The molecule has 2 aromatic heterocycles. The summed E-state index contributed by atoms with van der Waals surface area (Å²) in [6.07, 6.45) is 5.55. The van der Waals surface area contributed by atoms with Gasteiger partial charge in [-0.25, -0.2) is 9.78 Å². The summed E-state index contributed by atoms with van der Waals surface area (Å²) in [5, 5.41) is 11.2. The van der Waals surface area contributed by atoms with Crippen molar-refractivity contribution in [1.82, 2.24) is 9.97 Å². The number of nitrogens with zero attached hydrogens (tertiary/aromatic N) is 2. The summed E-state index contributed by atoms with van der Waals surface area (Å²) in [7, 11) is 0. The van der Waals surface area contributed by atoms with Crippen molar-refractivity contribution in [3.63, 3.8) is 0 Å². The molecule has 0 saturated carbocycles. The molecule has 0 radical (unpaired) electrons. The number of aromatic nitrogens is 2.